The van der Waals surface area contributed by atoms with Gasteiger partial charge in [0, 0.05) is 13.1 Å². The van der Waals surface area contributed by atoms with Crippen LogP contribution in [-0.2, 0) is 4.79 Å². The van der Waals surface area contributed by atoms with E-state index in [2.05, 4.69) is 24.5 Å². The molecule has 1 fully saturated rings. The van der Waals surface area contributed by atoms with Gasteiger partial charge in [-0.2, -0.15) is 0 Å². The molecule has 7 nitrogen and oxygen atoms in total. The highest BCUT2D eigenvalue weighted by molar-refractivity contribution is 6.02. The number of carbonyl (C=O) groups excluding carboxylic acids is 2. The van der Waals surface area contributed by atoms with Gasteiger partial charge < -0.3 is 26.0 Å². The first-order valence-corrected chi connectivity index (χ1v) is 8.72. The van der Waals surface area contributed by atoms with Crippen molar-refractivity contribution in [1.82, 2.24) is 4.90 Å². The number of anilines is 2. The molecule has 0 aromatic heterocycles. The van der Waals surface area contributed by atoms with Crippen LogP contribution < -0.4 is 21.1 Å². The highest BCUT2D eigenvalue weighted by Crippen LogP contribution is 2.36. The fourth-order valence-corrected chi connectivity index (χ4v) is 3.43. The summed E-state index contributed by atoms with van der Waals surface area (Å²) in [6.45, 7) is 6.43. The van der Waals surface area contributed by atoms with Gasteiger partial charge in [0.2, 0.25) is 0 Å². The van der Waals surface area contributed by atoms with E-state index in [1.54, 1.807) is 18.2 Å². The Hall–Kier alpha value is -2.28. The zero-order valence-electron chi connectivity index (χ0n) is 14.8. The minimum atomic E-state index is -0.223. The Morgan fingerprint density at radius 3 is 2.80 bits per heavy atom. The van der Waals surface area contributed by atoms with Crippen molar-refractivity contribution < 1.29 is 14.3 Å². The molecule has 3 amide bonds. The smallest absolute Gasteiger partial charge is 0.321 e. The zero-order valence-corrected chi connectivity index (χ0v) is 14.8. The Morgan fingerprint density at radius 2 is 2.12 bits per heavy atom. The third kappa shape index (κ3) is 3.71. The van der Waals surface area contributed by atoms with Gasteiger partial charge in [-0.15, -0.1) is 0 Å². The summed E-state index contributed by atoms with van der Waals surface area (Å²) in [4.78, 5) is 26.0. The van der Waals surface area contributed by atoms with Crippen LogP contribution in [0.4, 0.5) is 16.2 Å². The lowest BCUT2D eigenvalue weighted by Gasteiger charge is -2.40. The number of benzene rings is 1. The van der Waals surface area contributed by atoms with Gasteiger partial charge in [-0.3, -0.25) is 4.79 Å². The molecule has 7 heteroatoms. The van der Waals surface area contributed by atoms with Crippen LogP contribution in [0.2, 0.25) is 0 Å². The van der Waals surface area contributed by atoms with E-state index >= 15 is 0 Å². The summed E-state index contributed by atoms with van der Waals surface area (Å²) in [5.74, 6) is 0.874. The van der Waals surface area contributed by atoms with E-state index in [1.165, 1.54) is 0 Å². The lowest BCUT2D eigenvalue weighted by atomic mass is 9.74. The van der Waals surface area contributed by atoms with Crippen molar-refractivity contribution in [2.75, 3.05) is 36.9 Å². The summed E-state index contributed by atoms with van der Waals surface area (Å²) in [5, 5.41) is 5.66. The molecule has 1 aromatic rings. The van der Waals surface area contributed by atoms with Crippen LogP contribution in [0.15, 0.2) is 18.2 Å². The summed E-state index contributed by atoms with van der Waals surface area (Å²) < 4.78 is 5.38. The van der Waals surface area contributed by atoms with Crippen LogP contribution in [-0.4, -0.2) is 43.1 Å². The van der Waals surface area contributed by atoms with Crippen molar-refractivity contribution in [2.24, 2.45) is 17.1 Å². The number of nitrogens with zero attached hydrogens (tertiary/aromatic N) is 1. The van der Waals surface area contributed by atoms with Crippen molar-refractivity contribution in [3.63, 3.8) is 0 Å². The molecule has 0 aliphatic carbocycles. The van der Waals surface area contributed by atoms with Crippen molar-refractivity contribution in [3.05, 3.63) is 18.2 Å². The number of nitrogens with two attached hydrogens (primary N) is 1. The summed E-state index contributed by atoms with van der Waals surface area (Å²) >= 11 is 0. The molecule has 1 aromatic carbocycles. The van der Waals surface area contributed by atoms with E-state index in [1.807, 2.05) is 4.90 Å². The molecular formula is C18H26N4O3. The quantitative estimate of drug-likeness (QED) is 0.782. The number of urea groups is 1. The van der Waals surface area contributed by atoms with E-state index in [9.17, 15) is 9.59 Å². The highest BCUT2D eigenvalue weighted by Gasteiger charge is 2.33. The number of fused-ring (bicyclic) bond motifs is 1. The minimum absolute atomic E-state index is 0.00512. The van der Waals surface area contributed by atoms with Crippen molar-refractivity contribution >= 4 is 23.3 Å². The van der Waals surface area contributed by atoms with Gasteiger partial charge in [0.1, 0.15) is 11.4 Å². The first kappa shape index (κ1) is 17.5. The standard InChI is InChI=1S/C18H26N4O3/c1-18(2,11-19)12-6-8-22(9-7-12)17(24)20-13-4-3-5-14-16(13)21-15(23)10-25-14/h3-5,12H,6-11,19H2,1-2H3,(H,20,24)(H,21,23). The number of rotatable bonds is 3. The monoisotopic (exact) mass is 346 g/mol. The summed E-state index contributed by atoms with van der Waals surface area (Å²) in [6, 6.07) is 5.17. The number of carbonyl (C=O) groups is 2. The summed E-state index contributed by atoms with van der Waals surface area (Å²) in [5.41, 5.74) is 7.05. The van der Waals surface area contributed by atoms with Gasteiger partial charge >= 0.3 is 6.03 Å². The lowest BCUT2D eigenvalue weighted by Crippen LogP contribution is -2.45. The number of ether oxygens (including phenoxy) is 1. The molecule has 0 radical (unpaired) electrons. The molecule has 2 aliphatic heterocycles. The molecule has 25 heavy (non-hydrogen) atoms. The number of likely N-dealkylation sites (tertiary alicyclic amines) is 1. The van der Waals surface area contributed by atoms with Crippen LogP contribution in [0.1, 0.15) is 26.7 Å². The number of piperidine rings is 1. The Bertz CT molecular complexity index is 666. The van der Waals surface area contributed by atoms with Crippen LogP contribution in [0, 0.1) is 11.3 Å². The molecule has 2 aliphatic rings. The molecular weight excluding hydrogens is 320 g/mol. The Morgan fingerprint density at radius 1 is 1.40 bits per heavy atom. The van der Waals surface area contributed by atoms with Crippen LogP contribution >= 0.6 is 0 Å². The molecule has 136 valence electrons. The Kier molecular flexibility index (Phi) is 4.85. The minimum Gasteiger partial charge on any atom is -0.481 e. The maximum Gasteiger partial charge on any atom is 0.321 e. The molecule has 0 saturated carbocycles. The SMILES string of the molecule is CC(C)(CN)C1CCN(C(=O)Nc2cccc3c2NC(=O)CO3)CC1. The Labute approximate surface area is 147 Å². The topological polar surface area (TPSA) is 96.7 Å². The normalized spacial score (nSPS) is 18.2. The predicted molar refractivity (Wildman–Crippen MR) is 96.7 cm³/mol. The van der Waals surface area contributed by atoms with E-state index in [4.69, 9.17) is 10.5 Å². The number of hydrogen-bond donors (Lipinski definition) is 3. The lowest BCUT2D eigenvalue weighted by molar-refractivity contribution is -0.118. The van der Waals surface area contributed by atoms with E-state index in [0.717, 1.165) is 12.8 Å². The molecule has 0 spiro atoms. The number of nitrogens with one attached hydrogen (secondary N) is 2. The molecule has 0 unspecified atom stereocenters. The fraction of sp³-hybridized carbons (Fsp3) is 0.556. The van der Waals surface area contributed by atoms with Crippen LogP contribution in [0.25, 0.3) is 0 Å². The second-order valence-corrected chi connectivity index (χ2v) is 7.40. The maximum atomic E-state index is 12.6. The zero-order chi connectivity index (χ0) is 18.0. The average Bonchev–Trinajstić information content (AvgIpc) is 2.62. The van der Waals surface area contributed by atoms with E-state index in [-0.39, 0.29) is 24.0 Å². The average molecular weight is 346 g/mol. The van der Waals surface area contributed by atoms with Gasteiger partial charge in [-0.05, 0) is 42.9 Å². The van der Waals surface area contributed by atoms with Gasteiger partial charge in [0.25, 0.3) is 5.91 Å². The fourth-order valence-electron chi connectivity index (χ4n) is 3.43. The van der Waals surface area contributed by atoms with Gasteiger partial charge in [-0.1, -0.05) is 19.9 Å². The largest absolute Gasteiger partial charge is 0.481 e. The van der Waals surface area contributed by atoms with Crippen molar-refractivity contribution in [1.29, 1.82) is 0 Å². The van der Waals surface area contributed by atoms with Crippen LogP contribution in [0.3, 0.4) is 0 Å². The highest BCUT2D eigenvalue weighted by atomic mass is 16.5. The molecule has 0 atom stereocenters. The van der Waals surface area contributed by atoms with E-state index in [0.29, 0.717) is 42.7 Å². The van der Waals surface area contributed by atoms with E-state index < -0.39 is 0 Å². The second kappa shape index (κ2) is 6.92. The van der Waals surface area contributed by atoms with Crippen molar-refractivity contribution in [3.8, 4) is 5.75 Å². The molecule has 1 saturated heterocycles. The van der Waals surface area contributed by atoms with Gasteiger partial charge in [0.15, 0.2) is 6.61 Å². The van der Waals surface area contributed by atoms with Crippen molar-refractivity contribution in [2.45, 2.75) is 26.7 Å². The third-order valence-corrected chi connectivity index (χ3v) is 5.30. The van der Waals surface area contributed by atoms with Gasteiger partial charge in [-0.25, -0.2) is 4.79 Å². The molecule has 2 heterocycles. The maximum absolute atomic E-state index is 12.6. The third-order valence-electron chi connectivity index (χ3n) is 5.30. The number of hydrogen-bond acceptors (Lipinski definition) is 4. The molecule has 4 N–H and O–H groups in total. The summed E-state index contributed by atoms with van der Waals surface area (Å²) in [7, 11) is 0. The van der Waals surface area contributed by atoms with Gasteiger partial charge in [0.05, 0.1) is 5.69 Å². The number of amides is 3. The first-order chi connectivity index (χ1) is 11.9. The molecule has 3 rings (SSSR count). The second-order valence-electron chi connectivity index (χ2n) is 7.40. The van der Waals surface area contributed by atoms with Crippen LogP contribution in [0.5, 0.6) is 5.75 Å². The predicted octanol–water partition coefficient (Wildman–Crippen LogP) is 2.25. The first-order valence-electron chi connectivity index (χ1n) is 8.72. The Balaban J connectivity index is 1.64. The number of para-hydroxylation sites is 1. The summed E-state index contributed by atoms with van der Waals surface area (Å²) in [6.07, 6.45) is 1.90. The molecule has 0 bridgehead atoms.